The van der Waals surface area contributed by atoms with Gasteiger partial charge >= 0.3 is 5.97 Å². The van der Waals surface area contributed by atoms with E-state index in [1.54, 1.807) is 0 Å². The smallest absolute Gasteiger partial charge is 0.303 e. The molecule has 0 radical (unpaired) electrons. The highest BCUT2D eigenvalue weighted by Gasteiger charge is 2.31. The van der Waals surface area contributed by atoms with Crippen molar-refractivity contribution < 1.29 is 24.5 Å². The van der Waals surface area contributed by atoms with E-state index >= 15 is 0 Å². The SMILES string of the molecule is CC(=O)O[C@@H]1C=CO[C@H](CO)[C@H]1O. The number of aliphatic hydroxyl groups is 2. The number of hydrogen-bond donors (Lipinski definition) is 2. The van der Waals surface area contributed by atoms with Crippen LogP contribution in [0.25, 0.3) is 0 Å². The molecule has 0 aliphatic carbocycles. The summed E-state index contributed by atoms with van der Waals surface area (Å²) in [5.41, 5.74) is 0. The van der Waals surface area contributed by atoms with Crippen LogP contribution in [0.4, 0.5) is 0 Å². The van der Waals surface area contributed by atoms with Gasteiger partial charge in [-0.15, -0.1) is 0 Å². The number of carbonyl (C=O) groups excluding carboxylic acids is 1. The van der Waals surface area contributed by atoms with Crippen molar-refractivity contribution in [2.75, 3.05) is 6.61 Å². The normalized spacial score (nSPS) is 32.4. The lowest BCUT2D eigenvalue weighted by Crippen LogP contribution is -2.44. The fourth-order valence-corrected chi connectivity index (χ4v) is 1.08. The zero-order valence-corrected chi connectivity index (χ0v) is 7.21. The number of carbonyl (C=O) groups is 1. The van der Waals surface area contributed by atoms with Crippen molar-refractivity contribution in [1.29, 1.82) is 0 Å². The molecule has 1 aliphatic rings. The Bertz CT molecular complexity index is 213. The summed E-state index contributed by atoms with van der Waals surface area (Å²) in [6.07, 6.45) is 0.260. The van der Waals surface area contributed by atoms with Gasteiger partial charge in [-0.2, -0.15) is 0 Å². The van der Waals surface area contributed by atoms with Gasteiger partial charge in [-0.05, 0) is 6.08 Å². The molecule has 0 bridgehead atoms. The average Bonchev–Trinajstić information content (AvgIpc) is 2.08. The molecule has 5 heteroatoms. The third-order valence-electron chi connectivity index (χ3n) is 1.72. The van der Waals surface area contributed by atoms with Crippen molar-refractivity contribution in [3.63, 3.8) is 0 Å². The molecule has 0 saturated heterocycles. The van der Waals surface area contributed by atoms with Crippen LogP contribution in [0.1, 0.15) is 6.92 Å². The Morgan fingerprint density at radius 2 is 2.38 bits per heavy atom. The average molecular weight is 188 g/mol. The first kappa shape index (κ1) is 10.0. The first-order valence-electron chi connectivity index (χ1n) is 3.93. The molecule has 74 valence electrons. The second kappa shape index (κ2) is 4.25. The fourth-order valence-electron chi connectivity index (χ4n) is 1.08. The van der Waals surface area contributed by atoms with Crippen LogP contribution < -0.4 is 0 Å². The van der Waals surface area contributed by atoms with Gasteiger partial charge < -0.3 is 19.7 Å². The molecule has 1 aliphatic heterocycles. The standard InChI is InChI=1S/C8H12O5/c1-5(10)13-6-2-3-12-7(4-9)8(6)11/h2-3,6-9,11H,4H2,1H3/t6-,7-,8+/m1/s1. The van der Waals surface area contributed by atoms with E-state index in [9.17, 15) is 9.90 Å². The number of ether oxygens (including phenoxy) is 2. The number of esters is 1. The Balaban J connectivity index is 2.59. The molecule has 0 saturated carbocycles. The Morgan fingerprint density at radius 1 is 1.69 bits per heavy atom. The summed E-state index contributed by atoms with van der Waals surface area (Å²) >= 11 is 0. The van der Waals surface area contributed by atoms with Crippen molar-refractivity contribution in [3.8, 4) is 0 Å². The molecule has 0 unspecified atom stereocenters. The molecule has 0 aromatic heterocycles. The predicted molar refractivity (Wildman–Crippen MR) is 42.7 cm³/mol. The van der Waals surface area contributed by atoms with Crippen LogP contribution in [0, 0.1) is 0 Å². The lowest BCUT2D eigenvalue weighted by Gasteiger charge is -2.29. The Hall–Kier alpha value is -1.07. The summed E-state index contributed by atoms with van der Waals surface area (Å²) in [7, 11) is 0. The van der Waals surface area contributed by atoms with E-state index < -0.39 is 24.3 Å². The van der Waals surface area contributed by atoms with Gasteiger partial charge in [0.1, 0.15) is 6.10 Å². The topological polar surface area (TPSA) is 76.0 Å². The van der Waals surface area contributed by atoms with Gasteiger partial charge in [-0.25, -0.2) is 0 Å². The summed E-state index contributed by atoms with van der Waals surface area (Å²) < 4.78 is 9.65. The van der Waals surface area contributed by atoms with Crippen LogP contribution >= 0.6 is 0 Å². The molecule has 0 aromatic rings. The molecule has 13 heavy (non-hydrogen) atoms. The van der Waals surface area contributed by atoms with E-state index in [2.05, 4.69) is 0 Å². The van der Waals surface area contributed by atoms with Gasteiger partial charge in [-0.1, -0.05) is 0 Å². The van der Waals surface area contributed by atoms with E-state index in [4.69, 9.17) is 14.6 Å². The molecule has 2 N–H and O–H groups in total. The van der Waals surface area contributed by atoms with Gasteiger partial charge in [0.25, 0.3) is 0 Å². The Morgan fingerprint density at radius 3 is 2.92 bits per heavy atom. The quantitative estimate of drug-likeness (QED) is 0.554. The van der Waals surface area contributed by atoms with Crippen molar-refractivity contribution >= 4 is 5.97 Å². The van der Waals surface area contributed by atoms with Gasteiger partial charge in [0.05, 0.1) is 12.9 Å². The summed E-state index contributed by atoms with van der Waals surface area (Å²) in [6.45, 7) is 0.938. The summed E-state index contributed by atoms with van der Waals surface area (Å²) in [6, 6.07) is 0. The number of rotatable bonds is 2. The van der Waals surface area contributed by atoms with Crippen molar-refractivity contribution in [2.45, 2.75) is 25.2 Å². The van der Waals surface area contributed by atoms with E-state index in [0.717, 1.165) is 0 Å². The fraction of sp³-hybridized carbons (Fsp3) is 0.625. The van der Waals surface area contributed by atoms with Crippen LogP contribution in [0.5, 0.6) is 0 Å². The van der Waals surface area contributed by atoms with Crippen LogP contribution in [0.15, 0.2) is 12.3 Å². The zero-order chi connectivity index (χ0) is 9.84. The monoisotopic (exact) mass is 188 g/mol. The second-order valence-corrected chi connectivity index (χ2v) is 2.75. The van der Waals surface area contributed by atoms with E-state index in [1.807, 2.05) is 0 Å². The van der Waals surface area contributed by atoms with Gasteiger partial charge in [0, 0.05) is 6.92 Å². The van der Waals surface area contributed by atoms with Crippen LogP contribution in [-0.4, -0.2) is 41.1 Å². The van der Waals surface area contributed by atoms with Crippen molar-refractivity contribution in [3.05, 3.63) is 12.3 Å². The molecule has 3 atom stereocenters. The number of aliphatic hydroxyl groups excluding tert-OH is 2. The lowest BCUT2D eigenvalue weighted by molar-refractivity contribution is -0.156. The minimum absolute atomic E-state index is 0.316. The zero-order valence-electron chi connectivity index (χ0n) is 7.21. The third-order valence-corrected chi connectivity index (χ3v) is 1.72. The summed E-state index contributed by atoms with van der Waals surface area (Å²) in [5, 5.41) is 18.2. The highest BCUT2D eigenvalue weighted by molar-refractivity contribution is 5.66. The maximum Gasteiger partial charge on any atom is 0.303 e. The maximum absolute atomic E-state index is 10.6. The first-order valence-corrected chi connectivity index (χ1v) is 3.93. The van der Waals surface area contributed by atoms with E-state index in [1.165, 1.54) is 19.3 Å². The van der Waals surface area contributed by atoms with E-state index in [0.29, 0.717) is 0 Å². The summed E-state index contributed by atoms with van der Waals surface area (Å²) in [5.74, 6) is -0.479. The lowest BCUT2D eigenvalue weighted by atomic mass is 10.1. The minimum atomic E-state index is -1.01. The Kier molecular flexibility index (Phi) is 3.27. The second-order valence-electron chi connectivity index (χ2n) is 2.75. The van der Waals surface area contributed by atoms with Crippen LogP contribution in [0.2, 0.25) is 0 Å². The molecule has 0 amide bonds. The highest BCUT2D eigenvalue weighted by atomic mass is 16.6. The molecule has 1 rings (SSSR count). The molecular weight excluding hydrogens is 176 g/mol. The molecule has 0 aromatic carbocycles. The molecule has 0 spiro atoms. The molecule has 5 nitrogen and oxygen atoms in total. The van der Waals surface area contributed by atoms with Gasteiger partial charge in [-0.3, -0.25) is 4.79 Å². The number of hydrogen-bond acceptors (Lipinski definition) is 5. The van der Waals surface area contributed by atoms with Crippen molar-refractivity contribution in [2.24, 2.45) is 0 Å². The van der Waals surface area contributed by atoms with Crippen LogP contribution in [0.3, 0.4) is 0 Å². The first-order chi connectivity index (χ1) is 6.15. The largest absolute Gasteiger partial charge is 0.493 e. The van der Waals surface area contributed by atoms with Crippen LogP contribution in [-0.2, 0) is 14.3 Å². The highest BCUT2D eigenvalue weighted by Crippen LogP contribution is 2.14. The minimum Gasteiger partial charge on any atom is -0.493 e. The summed E-state index contributed by atoms with van der Waals surface area (Å²) in [4.78, 5) is 10.6. The Labute approximate surface area is 75.6 Å². The van der Waals surface area contributed by atoms with Crippen molar-refractivity contribution in [1.82, 2.24) is 0 Å². The molecule has 0 fully saturated rings. The van der Waals surface area contributed by atoms with E-state index in [-0.39, 0.29) is 6.61 Å². The van der Waals surface area contributed by atoms with Gasteiger partial charge in [0.15, 0.2) is 12.2 Å². The third kappa shape index (κ3) is 2.43. The maximum atomic E-state index is 10.6. The predicted octanol–water partition coefficient (Wildman–Crippen LogP) is -0.816. The molecular formula is C8H12O5. The molecule has 1 heterocycles. The van der Waals surface area contributed by atoms with Gasteiger partial charge in [0.2, 0.25) is 0 Å².